The van der Waals surface area contributed by atoms with Gasteiger partial charge in [-0.05, 0) is 41.3 Å². The zero-order valence-electron chi connectivity index (χ0n) is 19.7. The molecule has 0 saturated carbocycles. The zero-order chi connectivity index (χ0) is 25.0. The maximum Gasteiger partial charge on any atom is 0.219 e. The van der Waals surface area contributed by atoms with Gasteiger partial charge in [0.2, 0.25) is 17.4 Å². The number of rotatable bonds is 7. The topological polar surface area (TPSA) is 105 Å². The van der Waals surface area contributed by atoms with E-state index in [0.29, 0.717) is 16.4 Å². The molecule has 4 aromatic rings. The molecule has 35 heavy (non-hydrogen) atoms. The van der Waals surface area contributed by atoms with Crippen molar-refractivity contribution in [2.45, 2.75) is 31.1 Å². The predicted molar refractivity (Wildman–Crippen MR) is 136 cm³/mol. The van der Waals surface area contributed by atoms with Crippen LogP contribution in [0.2, 0.25) is 5.15 Å². The van der Waals surface area contributed by atoms with Crippen LogP contribution in [0.3, 0.4) is 0 Å². The Bertz CT molecular complexity index is 1300. The van der Waals surface area contributed by atoms with Crippen molar-refractivity contribution in [3.63, 3.8) is 0 Å². The summed E-state index contributed by atoms with van der Waals surface area (Å²) in [5.41, 5.74) is 1.11. The lowest BCUT2D eigenvalue weighted by molar-refractivity contribution is 0.378. The minimum absolute atomic E-state index is 0.00376. The maximum atomic E-state index is 13.2. The molecule has 0 amide bonds. The number of hydrogen-bond acceptors (Lipinski definition) is 8. The number of benzene rings is 2. The van der Waals surface area contributed by atoms with Crippen molar-refractivity contribution in [3.05, 3.63) is 77.7 Å². The highest BCUT2D eigenvalue weighted by Gasteiger charge is 2.24. The summed E-state index contributed by atoms with van der Waals surface area (Å²) < 4.78 is 27.6. The lowest BCUT2D eigenvalue weighted by atomic mass is 9.87. The number of methoxy groups -OCH3 is 1. The summed E-state index contributed by atoms with van der Waals surface area (Å²) in [5, 5.41) is -0.00376. The van der Waals surface area contributed by atoms with Crippen LogP contribution in [0, 0.1) is 0 Å². The van der Waals surface area contributed by atoms with E-state index >= 15 is 0 Å². The van der Waals surface area contributed by atoms with Crippen LogP contribution in [0.5, 0.6) is 17.2 Å². The van der Waals surface area contributed by atoms with Gasteiger partial charge in [-0.25, -0.2) is 19.9 Å². The van der Waals surface area contributed by atoms with Gasteiger partial charge in [0.1, 0.15) is 11.4 Å². The van der Waals surface area contributed by atoms with Crippen molar-refractivity contribution in [2.75, 3.05) is 11.8 Å². The first-order chi connectivity index (χ1) is 16.8. The maximum absolute atomic E-state index is 13.2. The van der Waals surface area contributed by atoms with Gasteiger partial charge in [0, 0.05) is 12.4 Å². The number of halogens is 1. The Kier molecular flexibility index (Phi) is 7.39. The van der Waals surface area contributed by atoms with E-state index in [9.17, 15) is 4.55 Å². The van der Waals surface area contributed by atoms with Gasteiger partial charge in [-0.2, -0.15) is 4.72 Å². The SMILES string of the molecule is COc1ccccc1Oc1c(Cl)nc(-c2ncccn2)nc1N[S+]([O-])c1ccc(C(C)(C)C)cc1. The molecule has 8 nitrogen and oxygen atoms in total. The van der Waals surface area contributed by atoms with E-state index in [0.717, 1.165) is 5.56 Å². The first kappa shape index (κ1) is 24.7. The molecule has 0 radical (unpaired) electrons. The average molecular weight is 510 g/mol. The fourth-order valence-electron chi connectivity index (χ4n) is 3.14. The average Bonchev–Trinajstić information content (AvgIpc) is 2.86. The fraction of sp³-hybridized carbons (Fsp3) is 0.200. The molecule has 2 heterocycles. The monoisotopic (exact) mass is 509 g/mol. The summed E-state index contributed by atoms with van der Waals surface area (Å²) in [6.07, 6.45) is 3.14. The molecular formula is C25H24ClN5O3S. The second-order valence-corrected chi connectivity index (χ2v) is 10.1. The summed E-state index contributed by atoms with van der Waals surface area (Å²) in [6.45, 7) is 6.36. The highest BCUT2D eigenvalue weighted by atomic mass is 35.5. The molecule has 0 aliphatic rings. The molecule has 1 atom stereocenters. The number of hydrogen-bond donors (Lipinski definition) is 1. The molecule has 0 aliphatic carbocycles. The van der Waals surface area contributed by atoms with Crippen molar-refractivity contribution in [1.82, 2.24) is 19.9 Å². The molecule has 2 aromatic carbocycles. The molecule has 0 saturated heterocycles. The van der Waals surface area contributed by atoms with Crippen molar-refractivity contribution >= 4 is 28.8 Å². The van der Waals surface area contributed by atoms with E-state index in [1.54, 1.807) is 36.7 Å². The van der Waals surface area contributed by atoms with E-state index in [4.69, 9.17) is 21.1 Å². The van der Waals surface area contributed by atoms with Gasteiger partial charge in [-0.1, -0.05) is 56.6 Å². The van der Waals surface area contributed by atoms with E-state index in [1.165, 1.54) is 7.11 Å². The number of anilines is 1. The molecule has 0 bridgehead atoms. The minimum atomic E-state index is -1.67. The van der Waals surface area contributed by atoms with Crippen LogP contribution in [0.1, 0.15) is 26.3 Å². The summed E-state index contributed by atoms with van der Waals surface area (Å²) in [5.74, 6) is 1.52. The van der Waals surface area contributed by atoms with Crippen LogP contribution in [-0.4, -0.2) is 31.6 Å². The lowest BCUT2D eigenvalue weighted by Crippen LogP contribution is -2.17. The smallest absolute Gasteiger partial charge is 0.219 e. The quantitative estimate of drug-likeness (QED) is 0.245. The largest absolute Gasteiger partial charge is 0.588 e. The number of nitrogens with one attached hydrogen (secondary N) is 1. The minimum Gasteiger partial charge on any atom is -0.588 e. The number of nitrogens with zero attached hydrogens (tertiary/aromatic N) is 4. The van der Waals surface area contributed by atoms with E-state index in [2.05, 4.69) is 45.4 Å². The summed E-state index contributed by atoms with van der Waals surface area (Å²) >= 11 is 4.85. The molecule has 1 unspecified atom stereocenters. The number of ether oxygens (including phenoxy) is 2. The molecule has 0 fully saturated rings. The Morgan fingerprint density at radius 1 is 0.886 bits per heavy atom. The van der Waals surface area contributed by atoms with Gasteiger partial charge < -0.3 is 14.0 Å². The Morgan fingerprint density at radius 3 is 2.17 bits per heavy atom. The van der Waals surface area contributed by atoms with Gasteiger partial charge in [0.15, 0.2) is 27.4 Å². The third-order valence-electron chi connectivity index (χ3n) is 4.99. The highest BCUT2D eigenvalue weighted by molar-refractivity contribution is 7.92. The summed E-state index contributed by atoms with van der Waals surface area (Å²) in [7, 11) is 1.53. The molecule has 1 N–H and O–H groups in total. The fourth-order valence-corrected chi connectivity index (χ4v) is 4.16. The second kappa shape index (κ2) is 10.5. The molecule has 4 rings (SSSR count). The number of aromatic nitrogens is 4. The predicted octanol–water partition coefficient (Wildman–Crippen LogP) is 5.82. The van der Waals surface area contributed by atoms with Gasteiger partial charge in [0.25, 0.3) is 0 Å². The van der Waals surface area contributed by atoms with Gasteiger partial charge in [-0.3, -0.25) is 0 Å². The zero-order valence-corrected chi connectivity index (χ0v) is 21.2. The third-order valence-corrected chi connectivity index (χ3v) is 6.33. The van der Waals surface area contributed by atoms with Crippen molar-refractivity contribution in [3.8, 4) is 28.9 Å². The Balaban J connectivity index is 1.73. The van der Waals surface area contributed by atoms with E-state index < -0.39 is 11.4 Å². The van der Waals surface area contributed by atoms with Crippen molar-refractivity contribution in [2.24, 2.45) is 0 Å². The van der Waals surface area contributed by atoms with Crippen LogP contribution in [0.15, 0.2) is 71.9 Å². The molecule has 10 heteroatoms. The van der Waals surface area contributed by atoms with Gasteiger partial charge in [0.05, 0.1) is 7.11 Å². The Labute approximate surface area is 212 Å². The first-order valence-electron chi connectivity index (χ1n) is 10.7. The van der Waals surface area contributed by atoms with Gasteiger partial charge in [-0.15, -0.1) is 0 Å². The highest BCUT2D eigenvalue weighted by Crippen LogP contribution is 2.39. The summed E-state index contributed by atoms with van der Waals surface area (Å²) in [6, 6.07) is 16.3. The standard InChI is InChI=1S/C25H24ClN5O3S/c1-25(2,3)16-10-12-17(13-11-16)35(32)31-22-20(34-19-9-6-5-8-18(19)33-4)21(26)29-24(30-22)23-27-14-7-15-28-23/h5-15H,1-4H3,(H,29,30,31). The molecule has 180 valence electrons. The number of para-hydroxylation sites is 2. The van der Waals surface area contributed by atoms with E-state index in [-0.39, 0.29) is 33.8 Å². The van der Waals surface area contributed by atoms with Crippen molar-refractivity contribution < 1.29 is 14.0 Å². The first-order valence-corrected chi connectivity index (χ1v) is 12.2. The van der Waals surface area contributed by atoms with Crippen molar-refractivity contribution in [1.29, 1.82) is 0 Å². The lowest BCUT2D eigenvalue weighted by Gasteiger charge is -2.20. The molecule has 0 aliphatic heterocycles. The molecular weight excluding hydrogens is 486 g/mol. The summed E-state index contributed by atoms with van der Waals surface area (Å²) in [4.78, 5) is 17.7. The van der Waals surface area contributed by atoms with Crippen LogP contribution < -0.4 is 14.2 Å². The molecule has 2 aromatic heterocycles. The van der Waals surface area contributed by atoms with Crippen LogP contribution >= 0.6 is 11.6 Å². The van der Waals surface area contributed by atoms with Crippen LogP contribution in [0.4, 0.5) is 5.82 Å². The normalized spacial score (nSPS) is 12.2. The second-order valence-electron chi connectivity index (χ2n) is 8.49. The van der Waals surface area contributed by atoms with Crippen LogP contribution in [-0.2, 0) is 16.8 Å². The third kappa shape index (κ3) is 5.82. The molecule has 0 spiro atoms. The van der Waals surface area contributed by atoms with E-state index in [1.807, 2.05) is 30.3 Å². The Morgan fingerprint density at radius 2 is 1.54 bits per heavy atom. The Hall–Kier alpha value is -3.40. The van der Waals surface area contributed by atoms with Crippen LogP contribution in [0.25, 0.3) is 11.6 Å². The van der Waals surface area contributed by atoms with Gasteiger partial charge >= 0.3 is 0 Å².